The maximum Gasteiger partial charge on any atom is 0.337 e. The number of carboxylic acids is 1. The van der Waals surface area contributed by atoms with Gasteiger partial charge in [0.1, 0.15) is 5.75 Å². The Kier molecular flexibility index (Phi) is 6.94. The summed E-state index contributed by atoms with van der Waals surface area (Å²) in [7, 11) is 0. The molecule has 0 amide bonds. The van der Waals surface area contributed by atoms with Gasteiger partial charge in [0.2, 0.25) is 0 Å². The molecule has 208 valence electrons. The molecule has 0 radical (unpaired) electrons. The highest BCUT2D eigenvalue weighted by Gasteiger charge is 2.33. The average Bonchev–Trinajstić information content (AvgIpc) is 2.92. The average molecular weight is 542 g/mol. The standard InChI is InChI=1S/C32H35N3O5/c1-19-17-24-22(6-5-21(34-24)18-35-12-15-38-16-13-35)28(26(19)30(31(36)37)40-32(2,3)4)23-7-8-25-27-20(10-14-39-25)9-11-33-29(23)27/h5-9,11,17,30H,10,12-16,18H2,1-4H3,(H,36,37). The number of hydrogen-bond acceptors (Lipinski definition) is 7. The van der Waals surface area contributed by atoms with Crippen LogP contribution in [0.4, 0.5) is 0 Å². The second kappa shape index (κ2) is 10.4. The molecule has 0 aliphatic carbocycles. The van der Waals surface area contributed by atoms with Gasteiger partial charge in [-0.3, -0.25) is 14.9 Å². The lowest BCUT2D eigenvalue weighted by molar-refractivity contribution is -0.160. The summed E-state index contributed by atoms with van der Waals surface area (Å²) >= 11 is 0. The van der Waals surface area contributed by atoms with Crippen molar-refractivity contribution < 1.29 is 24.1 Å². The molecule has 4 heterocycles. The zero-order valence-corrected chi connectivity index (χ0v) is 23.5. The van der Waals surface area contributed by atoms with E-state index in [-0.39, 0.29) is 0 Å². The number of aryl methyl sites for hydroxylation is 1. The third-order valence-corrected chi connectivity index (χ3v) is 7.58. The van der Waals surface area contributed by atoms with E-state index in [9.17, 15) is 9.90 Å². The number of carboxylic acid groups (broad SMARTS) is 1. The van der Waals surface area contributed by atoms with Crippen molar-refractivity contribution in [3.63, 3.8) is 0 Å². The van der Waals surface area contributed by atoms with Crippen molar-refractivity contribution in [3.8, 4) is 16.9 Å². The van der Waals surface area contributed by atoms with E-state index in [1.165, 1.54) is 5.56 Å². The van der Waals surface area contributed by atoms with Gasteiger partial charge < -0.3 is 19.3 Å². The maximum absolute atomic E-state index is 12.8. The number of nitrogens with zero attached hydrogens (tertiary/aromatic N) is 3. The van der Waals surface area contributed by atoms with Gasteiger partial charge in [-0.2, -0.15) is 0 Å². The number of hydrogen-bond donors (Lipinski definition) is 1. The molecule has 2 aliphatic heterocycles. The van der Waals surface area contributed by atoms with Crippen LogP contribution in [0.25, 0.3) is 32.9 Å². The minimum Gasteiger partial charge on any atom is -0.493 e. The number of fused-ring (bicyclic) bond motifs is 1. The fraction of sp³-hybridized carbons (Fsp3) is 0.406. The molecule has 1 saturated heterocycles. The van der Waals surface area contributed by atoms with E-state index in [0.717, 1.165) is 89.2 Å². The molecule has 1 unspecified atom stereocenters. The lowest BCUT2D eigenvalue weighted by Gasteiger charge is -2.29. The Labute approximate surface area is 233 Å². The highest BCUT2D eigenvalue weighted by Crippen LogP contribution is 2.44. The molecule has 1 atom stereocenters. The summed E-state index contributed by atoms with van der Waals surface area (Å²) in [5.74, 6) is -0.229. The van der Waals surface area contributed by atoms with Gasteiger partial charge in [0, 0.05) is 54.2 Å². The molecule has 6 rings (SSSR count). The van der Waals surface area contributed by atoms with Crippen molar-refractivity contribution in [2.45, 2.75) is 52.4 Å². The van der Waals surface area contributed by atoms with Crippen molar-refractivity contribution in [1.82, 2.24) is 14.9 Å². The molecule has 2 aliphatic rings. The number of carbonyl (C=O) groups is 1. The molecule has 2 aromatic heterocycles. The Balaban J connectivity index is 1.61. The van der Waals surface area contributed by atoms with Crippen LogP contribution in [-0.2, 0) is 27.2 Å². The van der Waals surface area contributed by atoms with E-state index in [2.05, 4.69) is 11.0 Å². The van der Waals surface area contributed by atoms with Crippen LogP contribution in [0, 0.1) is 6.92 Å². The SMILES string of the molecule is Cc1cc2nc(CN3CCOCC3)ccc2c(-c2ccc3c4c(ccnc24)CCO3)c1C(OC(C)(C)C)C(=O)O. The topological polar surface area (TPSA) is 94.0 Å². The quantitative estimate of drug-likeness (QED) is 0.344. The van der Waals surface area contributed by atoms with E-state index in [1.54, 1.807) is 0 Å². The van der Waals surface area contributed by atoms with Crippen LogP contribution in [0.3, 0.4) is 0 Å². The smallest absolute Gasteiger partial charge is 0.337 e. The first-order valence-electron chi connectivity index (χ1n) is 13.9. The van der Waals surface area contributed by atoms with Gasteiger partial charge in [0.25, 0.3) is 0 Å². The normalized spacial score (nSPS) is 16.7. The number of benzene rings is 2. The second-order valence-corrected chi connectivity index (χ2v) is 11.6. The molecule has 4 aromatic rings. The minimum absolute atomic E-state index is 0.622. The third-order valence-electron chi connectivity index (χ3n) is 7.58. The van der Waals surface area contributed by atoms with Crippen LogP contribution in [0.5, 0.6) is 5.75 Å². The monoisotopic (exact) mass is 541 g/mol. The van der Waals surface area contributed by atoms with Crippen molar-refractivity contribution in [2.75, 3.05) is 32.9 Å². The number of aromatic nitrogens is 2. The number of ether oxygens (including phenoxy) is 3. The van der Waals surface area contributed by atoms with Gasteiger partial charge in [-0.15, -0.1) is 0 Å². The summed E-state index contributed by atoms with van der Waals surface area (Å²) in [4.78, 5) is 25.0. The zero-order chi connectivity index (χ0) is 28.0. The Morgan fingerprint density at radius 2 is 1.93 bits per heavy atom. The molecule has 1 N–H and O–H groups in total. The second-order valence-electron chi connectivity index (χ2n) is 11.6. The maximum atomic E-state index is 12.8. The molecule has 0 spiro atoms. The number of morpholine rings is 1. The fourth-order valence-electron chi connectivity index (χ4n) is 5.86. The molecule has 0 saturated carbocycles. The van der Waals surface area contributed by atoms with E-state index in [4.69, 9.17) is 24.2 Å². The van der Waals surface area contributed by atoms with Crippen molar-refractivity contribution in [2.24, 2.45) is 0 Å². The van der Waals surface area contributed by atoms with Crippen molar-refractivity contribution >= 4 is 27.8 Å². The number of rotatable bonds is 6. The molecule has 8 heteroatoms. The summed E-state index contributed by atoms with van der Waals surface area (Å²) in [5, 5.41) is 12.3. The molecular formula is C32H35N3O5. The largest absolute Gasteiger partial charge is 0.493 e. The summed E-state index contributed by atoms with van der Waals surface area (Å²) < 4.78 is 17.7. The van der Waals surface area contributed by atoms with Crippen LogP contribution in [0.2, 0.25) is 0 Å². The Morgan fingerprint density at radius 1 is 1.12 bits per heavy atom. The van der Waals surface area contributed by atoms with Crippen LogP contribution in [0.1, 0.15) is 49.3 Å². The number of pyridine rings is 2. The van der Waals surface area contributed by atoms with Gasteiger partial charge >= 0.3 is 5.97 Å². The van der Waals surface area contributed by atoms with E-state index in [0.29, 0.717) is 12.2 Å². The summed E-state index contributed by atoms with van der Waals surface area (Å²) in [6.07, 6.45) is 1.45. The molecule has 0 bridgehead atoms. The van der Waals surface area contributed by atoms with Gasteiger partial charge in [0.15, 0.2) is 6.10 Å². The highest BCUT2D eigenvalue weighted by molar-refractivity contribution is 6.08. The zero-order valence-electron chi connectivity index (χ0n) is 23.5. The lowest BCUT2D eigenvalue weighted by atomic mass is 9.86. The van der Waals surface area contributed by atoms with E-state index in [1.807, 2.05) is 64.2 Å². The first-order chi connectivity index (χ1) is 19.2. The van der Waals surface area contributed by atoms with Crippen LogP contribution >= 0.6 is 0 Å². The molecular weight excluding hydrogens is 506 g/mol. The Morgan fingerprint density at radius 3 is 2.67 bits per heavy atom. The van der Waals surface area contributed by atoms with Gasteiger partial charge in [-0.1, -0.05) is 6.07 Å². The summed E-state index contributed by atoms with van der Waals surface area (Å²) in [6.45, 7) is 12.1. The predicted molar refractivity (Wildman–Crippen MR) is 154 cm³/mol. The van der Waals surface area contributed by atoms with Crippen molar-refractivity contribution in [1.29, 1.82) is 0 Å². The molecule has 40 heavy (non-hydrogen) atoms. The van der Waals surface area contributed by atoms with Crippen LogP contribution < -0.4 is 4.74 Å². The highest BCUT2D eigenvalue weighted by atomic mass is 16.5. The third kappa shape index (κ3) is 5.03. The lowest BCUT2D eigenvalue weighted by Crippen LogP contribution is -2.35. The van der Waals surface area contributed by atoms with E-state index < -0.39 is 17.7 Å². The van der Waals surface area contributed by atoms with Crippen molar-refractivity contribution in [3.05, 3.63) is 65.0 Å². The molecule has 8 nitrogen and oxygen atoms in total. The van der Waals surface area contributed by atoms with E-state index >= 15 is 0 Å². The van der Waals surface area contributed by atoms with Gasteiger partial charge in [-0.05, 0) is 74.7 Å². The molecule has 2 aromatic carbocycles. The number of aliphatic carboxylic acids is 1. The van der Waals surface area contributed by atoms with Crippen LogP contribution in [-0.4, -0.2) is 64.5 Å². The Hall–Kier alpha value is -3.59. The Bertz CT molecular complexity index is 1590. The van der Waals surface area contributed by atoms with Gasteiger partial charge in [-0.25, -0.2) is 4.79 Å². The molecule has 1 fully saturated rings. The minimum atomic E-state index is -1.17. The fourth-order valence-corrected chi connectivity index (χ4v) is 5.86. The first kappa shape index (κ1) is 26.6. The first-order valence-corrected chi connectivity index (χ1v) is 13.9. The van der Waals surface area contributed by atoms with Crippen LogP contribution in [0.15, 0.2) is 42.6 Å². The summed E-state index contributed by atoms with van der Waals surface area (Å²) in [5.41, 5.74) is 6.16. The van der Waals surface area contributed by atoms with Gasteiger partial charge in [0.05, 0.1) is 42.1 Å². The predicted octanol–water partition coefficient (Wildman–Crippen LogP) is 5.47. The summed E-state index contributed by atoms with van der Waals surface area (Å²) in [6, 6.07) is 12.1.